The Morgan fingerprint density at radius 3 is 2.79 bits per heavy atom. The fourth-order valence-corrected chi connectivity index (χ4v) is 5.47. The van der Waals surface area contributed by atoms with Gasteiger partial charge in [0.2, 0.25) is 5.17 Å². The van der Waals surface area contributed by atoms with E-state index in [9.17, 15) is 14.9 Å². The second kappa shape index (κ2) is 8.60. The first-order chi connectivity index (χ1) is 15.9. The topological polar surface area (TPSA) is 117 Å². The molecule has 0 unspecified atom stereocenters. The van der Waals surface area contributed by atoms with Gasteiger partial charge in [-0.3, -0.25) is 20.3 Å². The number of nitrogens with one attached hydrogen (secondary N) is 1. The quantitative estimate of drug-likeness (QED) is 0.363. The number of carbonyl (C=O) groups excluding carboxylic acids is 1. The molecule has 1 aromatic heterocycles. The highest BCUT2D eigenvalue weighted by atomic mass is 35.5. The van der Waals surface area contributed by atoms with Crippen LogP contribution in [0, 0.1) is 21.4 Å². The molecule has 1 N–H and O–H groups in total. The molecule has 11 heteroatoms. The molecule has 0 radical (unpaired) electrons. The van der Waals surface area contributed by atoms with Crippen LogP contribution < -0.4 is 0 Å². The van der Waals surface area contributed by atoms with Crippen molar-refractivity contribution in [2.75, 3.05) is 0 Å². The number of thioether (sulfide) groups is 1. The molecule has 1 saturated carbocycles. The van der Waals surface area contributed by atoms with E-state index in [1.165, 1.54) is 41.4 Å². The number of halogens is 1. The van der Waals surface area contributed by atoms with Crippen molar-refractivity contribution in [3.8, 4) is 5.69 Å². The van der Waals surface area contributed by atoms with E-state index >= 15 is 0 Å². The number of fused-ring (bicyclic) bond motifs is 1. The predicted molar refractivity (Wildman–Crippen MR) is 129 cm³/mol. The number of hydrogen-bond acceptors (Lipinski definition) is 6. The van der Waals surface area contributed by atoms with Crippen LogP contribution in [0.15, 0.2) is 52.2 Å². The Hall–Kier alpha value is -3.24. The molecule has 9 nitrogen and oxygen atoms in total. The number of benzene rings is 1. The zero-order valence-electron chi connectivity index (χ0n) is 17.4. The molecule has 168 valence electrons. The lowest BCUT2D eigenvalue weighted by molar-refractivity contribution is -0.384. The van der Waals surface area contributed by atoms with E-state index in [2.05, 4.69) is 10.1 Å². The van der Waals surface area contributed by atoms with Gasteiger partial charge in [-0.1, -0.05) is 30.9 Å². The van der Waals surface area contributed by atoms with Gasteiger partial charge in [-0.15, -0.1) is 0 Å². The third kappa shape index (κ3) is 4.00. The predicted octanol–water partition coefficient (Wildman–Crippen LogP) is 5.24. The number of carbonyl (C=O) groups is 1. The van der Waals surface area contributed by atoms with Crippen molar-refractivity contribution in [2.24, 2.45) is 16.0 Å². The average molecular weight is 483 g/mol. The fraction of sp³-hybridized carbons (Fsp3) is 0.273. The van der Waals surface area contributed by atoms with Crippen molar-refractivity contribution in [1.29, 1.82) is 5.41 Å². The third-order valence-electron chi connectivity index (χ3n) is 5.90. The normalized spacial score (nSPS) is 20.2. The van der Waals surface area contributed by atoms with Gasteiger partial charge in [-0.25, -0.2) is 0 Å². The van der Waals surface area contributed by atoms with E-state index < -0.39 is 10.8 Å². The second-order valence-electron chi connectivity index (χ2n) is 7.99. The first-order valence-electron chi connectivity index (χ1n) is 10.5. The van der Waals surface area contributed by atoms with Crippen LogP contribution in [-0.2, 0) is 4.79 Å². The fourth-order valence-electron chi connectivity index (χ4n) is 4.20. The van der Waals surface area contributed by atoms with Crippen molar-refractivity contribution in [1.82, 2.24) is 9.58 Å². The second-order valence-corrected chi connectivity index (χ2v) is 9.38. The molecule has 2 aliphatic heterocycles. The van der Waals surface area contributed by atoms with Gasteiger partial charge in [-0.05, 0) is 48.9 Å². The van der Waals surface area contributed by atoms with Gasteiger partial charge < -0.3 is 4.57 Å². The van der Waals surface area contributed by atoms with Crippen LogP contribution in [0.4, 0.5) is 5.69 Å². The van der Waals surface area contributed by atoms with Gasteiger partial charge in [0, 0.05) is 29.9 Å². The summed E-state index contributed by atoms with van der Waals surface area (Å²) in [6, 6.07) is 7.62. The van der Waals surface area contributed by atoms with Gasteiger partial charge in [0.15, 0.2) is 5.84 Å². The van der Waals surface area contributed by atoms with Crippen molar-refractivity contribution < 1.29 is 9.72 Å². The molecule has 3 heterocycles. The molecule has 0 saturated heterocycles. The molecule has 3 aliphatic rings. The number of hydrazone groups is 1. The average Bonchev–Trinajstić information content (AvgIpc) is 3.44. The minimum absolute atomic E-state index is 0.0406. The van der Waals surface area contributed by atoms with Gasteiger partial charge in [0.25, 0.3) is 11.6 Å². The van der Waals surface area contributed by atoms with Crippen LogP contribution in [0.25, 0.3) is 11.8 Å². The van der Waals surface area contributed by atoms with E-state index in [4.69, 9.17) is 17.0 Å². The minimum atomic E-state index is -0.517. The lowest BCUT2D eigenvalue weighted by atomic mass is 9.90. The molecule has 2 aromatic rings. The van der Waals surface area contributed by atoms with Crippen molar-refractivity contribution >= 4 is 57.1 Å². The summed E-state index contributed by atoms with van der Waals surface area (Å²) in [4.78, 5) is 27.7. The van der Waals surface area contributed by atoms with E-state index in [0.29, 0.717) is 27.5 Å². The Kier molecular flexibility index (Phi) is 5.63. The van der Waals surface area contributed by atoms with Crippen molar-refractivity contribution in [2.45, 2.75) is 32.1 Å². The Morgan fingerprint density at radius 2 is 2.03 bits per heavy atom. The lowest BCUT2D eigenvalue weighted by Gasteiger charge is -2.20. The van der Waals surface area contributed by atoms with Crippen LogP contribution in [0.3, 0.4) is 0 Å². The standard InChI is InChI=1S/C22H19ClN6O3S/c23-17-9-8-15(29(31)32)12-18(17)27-10-4-7-14(27)11-16-19(24)28-22(25-20(16)30)33-21(26-28)13-5-2-1-3-6-13/h4,7-13,24H,1-3,5-6H2/b16-11-,24-19?. The van der Waals surface area contributed by atoms with Gasteiger partial charge in [0.05, 0.1) is 21.2 Å². The van der Waals surface area contributed by atoms with E-state index in [-0.39, 0.29) is 17.1 Å². The Bertz CT molecular complexity index is 1270. The Balaban J connectivity index is 1.49. The highest BCUT2D eigenvalue weighted by molar-refractivity contribution is 8.27. The number of rotatable bonds is 4. The first kappa shape index (κ1) is 21.6. The molecule has 1 fully saturated rings. The summed E-state index contributed by atoms with van der Waals surface area (Å²) in [5.74, 6) is -0.210. The van der Waals surface area contributed by atoms with Crippen LogP contribution in [0.5, 0.6) is 0 Å². The number of nitro groups is 1. The molecule has 33 heavy (non-hydrogen) atoms. The number of amidine groups is 2. The number of nitrogens with zero attached hydrogens (tertiary/aromatic N) is 5. The highest BCUT2D eigenvalue weighted by Crippen LogP contribution is 2.36. The van der Waals surface area contributed by atoms with E-state index in [1.54, 1.807) is 29.0 Å². The number of aliphatic imine (C=N–C) groups is 1. The maximum absolute atomic E-state index is 12.8. The number of aromatic nitrogens is 1. The van der Waals surface area contributed by atoms with Gasteiger partial charge >= 0.3 is 0 Å². The summed E-state index contributed by atoms with van der Waals surface area (Å²) in [5.41, 5.74) is 0.925. The molecule has 1 amide bonds. The maximum atomic E-state index is 12.8. The van der Waals surface area contributed by atoms with Gasteiger partial charge in [0.1, 0.15) is 5.04 Å². The Morgan fingerprint density at radius 1 is 1.24 bits per heavy atom. The summed E-state index contributed by atoms with van der Waals surface area (Å²) in [6.45, 7) is 0. The highest BCUT2D eigenvalue weighted by Gasteiger charge is 2.38. The number of amides is 1. The minimum Gasteiger partial charge on any atom is -0.315 e. The summed E-state index contributed by atoms with van der Waals surface area (Å²) >= 11 is 7.68. The SMILES string of the molecule is N=C1/C(=C/c2cccn2-c2cc([N+](=O)[O-])ccc2Cl)C(=O)N=C2SC(C3CCCCC3)=NN12. The smallest absolute Gasteiger partial charge is 0.283 e. The number of nitro benzene ring substituents is 1. The molecule has 1 aromatic carbocycles. The monoisotopic (exact) mass is 482 g/mol. The van der Waals surface area contributed by atoms with Crippen LogP contribution in [0.2, 0.25) is 5.02 Å². The molecule has 0 spiro atoms. The summed E-state index contributed by atoms with van der Waals surface area (Å²) in [7, 11) is 0. The summed E-state index contributed by atoms with van der Waals surface area (Å²) in [6.07, 6.45) is 8.91. The zero-order chi connectivity index (χ0) is 23.1. The molecular weight excluding hydrogens is 464 g/mol. The molecule has 0 atom stereocenters. The molecule has 1 aliphatic carbocycles. The van der Waals surface area contributed by atoms with Crippen molar-refractivity contribution in [3.05, 3.63) is 62.9 Å². The maximum Gasteiger partial charge on any atom is 0.283 e. The first-order valence-corrected chi connectivity index (χ1v) is 11.7. The number of non-ortho nitro benzene ring substituents is 1. The van der Waals surface area contributed by atoms with E-state index in [1.807, 2.05) is 0 Å². The Labute approximate surface area is 198 Å². The summed E-state index contributed by atoms with van der Waals surface area (Å²) < 4.78 is 1.64. The van der Waals surface area contributed by atoms with Crippen molar-refractivity contribution in [3.63, 3.8) is 0 Å². The molecule has 0 bridgehead atoms. The van der Waals surface area contributed by atoms with Gasteiger partial charge in [-0.2, -0.15) is 15.1 Å². The zero-order valence-corrected chi connectivity index (χ0v) is 19.0. The molecule has 5 rings (SSSR count). The largest absolute Gasteiger partial charge is 0.315 e. The lowest BCUT2D eigenvalue weighted by Crippen LogP contribution is -2.35. The van der Waals surface area contributed by atoms with Crippen LogP contribution >= 0.6 is 23.4 Å². The van der Waals surface area contributed by atoms with Crippen LogP contribution in [-0.4, -0.2) is 36.5 Å². The van der Waals surface area contributed by atoms with E-state index in [0.717, 1.165) is 30.7 Å². The van der Waals surface area contributed by atoms with Crippen LogP contribution in [0.1, 0.15) is 37.8 Å². The number of hydrogen-bond donors (Lipinski definition) is 1. The summed E-state index contributed by atoms with van der Waals surface area (Å²) in [5, 5.41) is 27.5. The third-order valence-corrected chi connectivity index (χ3v) is 7.29. The molecular formula is C22H19ClN6O3S.